The zero-order valence-corrected chi connectivity index (χ0v) is 14.9. The molecule has 25 heavy (non-hydrogen) atoms. The van der Waals surface area contributed by atoms with Crippen LogP contribution in [-0.4, -0.2) is 24.8 Å². The minimum atomic E-state index is -2.01. The largest absolute Gasteiger partial charge is 0.467 e. The van der Waals surface area contributed by atoms with E-state index in [1.54, 1.807) is 57.2 Å². The zero-order chi connectivity index (χ0) is 19.3. The molecule has 0 unspecified atom stereocenters. The lowest BCUT2D eigenvalue weighted by Gasteiger charge is -2.34. The maximum absolute atomic E-state index is 12.6. The highest BCUT2D eigenvalue weighted by Crippen LogP contribution is 2.32. The number of amides is 1. The van der Waals surface area contributed by atoms with E-state index in [9.17, 15) is 20.1 Å². The molecule has 1 rings (SSSR count). The standard InChI is InChI=1S/C18H21N3O4/c1-12-6-8-13(9-7-12)18(15(22)24-5,14(10-19)11-20)21-16(23)25-17(2,3)4/h6-9,14H,1-5H3,(H,21,23)/t18-/m1/s1. The molecule has 0 aliphatic heterocycles. The lowest BCUT2D eigenvalue weighted by molar-refractivity contribution is -0.150. The number of benzene rings is 1. The lowest BCUT2D eigenvalue weighted by Crippen LogP contribution is -2.57. The van der Waals surface area contributed by atoms with Crippen molar-refractivity contribution in [2.45, 2.75) is 38.8 Å². The quantitative estimate of drug-likeness (QED) is 0.841. The highest BCUT2D eigenvalue weighted by molar-refractivity contribution is 5.88. The second kappa shape index (κ2) is 7.67. The minimum absolute atomic E-state index is 0.254. The third-order valence-corrected chi connectivity index (χ3v) is 3.40. The molecule has 0 radical (unpaired) electrons. The van der Waals surface area contributed by atoms with Gasteiger partial charge in [0.2, 0.25) is 0 Å². The van der Waals surface area contributed by atoms with Gasteiger partial charge in [0.1, 0.15) is 5.60 Å². The smallest absolute Gasteiger partial charge is 0.408 e. The van der Waals surface area contributed by atoms with Crippen LogP contribution in [0.3, 0.4) is 0 Å². The Morgan fingerprint density at radius 2 is 1.64 bits per heavy atom. The van der Waals surface area contributed by atoms with Crippen molar-refractivity contribution >= 4 is 12.1 Å². The Morgan fingerprint density at radius 1 is 1.12 bits per heavy atom. The maximum Gasteiger partial charge on any atom is 0.408 e. The third kappa shape index (κ3) is 4.48. The number of carbonyl (C=O) groups is 2. The van der Waals surface area contributed by atoms with Crippen molar-refractivity contribution in [3.05, 3.63) is 35.4 Å². The van der Waals surface area contributed by atoms with Gasteiger partial charge in [0.25, 0.3) is 0 Å². The Hall–Kier alpha value is -3.06. The van der Waals surface area contributed by atoms with Gasteiger partial charge in [-0.1, -0.05) is 29.8 Å². The predicted octanol–water partition coefficient (Wildman–Crippen LogP) is 2.55. The monoisotopic (exact) mass is 343 g/mol. The van der Waals surface area contributed by atoms with Gasteiger partial charge in [0.15, 0.2) is 11.5 Å². The first kappa shape index (κ1) is 20.0. The Labute approximate surface area is 147 Å². The first-order chi connectivity index (χ1) is 11.6. The number of alkyl carbamates (subject to hydrolysis) is 1. The summed E-state index contributed by atoms with van der Waals surface area (Å²) >= 11 is 0. The molecule has 1 aromatic rings. The van der Waals surface area contributed by atoms with E-state index >= 15 is 0 Å². The summed E-state index contributed by atoms with van der Waals surface area (Å²) in [6.45, 7) is 6.82. The van der Waals surface area contributed by atoms with Crippen molar-refractivity contribution in [3.8, 4) is 12.1 Å². The summed E-state index contributed by atoms with van der Waals surface area (Å²) in [5.41, 5.74) is -1.67. The van der Waals surface area contributed by atoms with Crippen LogP contribution in [0.25, 0.3) is 0 Å². The first-order valence-corrected chi connectivity index (χ1v) is 7.56. The second-order valence-corrected chi connectivity index (χ2v) is 6.48. The summed E-state index contributed by atoms with van der Waals surface area (Å²) in [5.74, 6) is -2.45. The number of rotatable bonds is 4. The summed E-state index contributed by atoms with van der Waals surface area (Å²) in [5, 5.41) is 21.2. The van der Waals surface area contributed by atoms with E-state index in [4.69, 9.17) is 9.47 Å². The number of nitriles is 2. The molecule has 0 fully saturated rings. The molecule has 0 spiro atoms. The topological polar surface area (TPSA) is 112 Å². The molecule has 1 atom stereocenters. The fraction of sp³-hybridized carbons (Fsp3) is 0.444. The minimum Gasteiger partial charge on any atom is -0.467 e. The van der Waals surface area contributed by atoms with Crippen LogP contribution in [0.5, 0.6) is 0 Å². The van der Waals surface area contributed by atoms with Gasteiger partial charge in [-0.3, -0.25) is 5.32 Å². The van der Waals surface area contributed by atoms with E-state index in [-0.39, 0.29) is 5.56 Å². The number of methoxy groups -OCH3 is 1. The van der Waals surface area contributed by atoms with Crippen LogP contribution in [-0.2, 0) is 19.8 Å². The maximum atomic E-state index is 12.6. The average molecular weight is 343 g/mol. The highest BCUT2D eigenvalue weighted by atomic mass is 16.6. The molecule has 1 aromatic carbocycles. The van der Waals surface area contributed by atoms with Gasteiger partial charge in [0.05, 0.1) is 19.2 Å². The Balaban J connectivity index is 3.54. The van der Waals surface area contributed by atoms with E-state index in [0.29, 0.717) is 0 Å². The van der Waals surface area contributed by atoms with Crippen LogP contribution in [0.2, 0.25) is 0 Å². The summed E-state index contributed by atoms with van der Waals surface area (Å²) in [4.78, 5) is 24.9. The van der Waals surface area contributed by atoms with E-state index in [0.717, 1.165) is 12.7 Å². The van der Waals surface area contributed by atoms with Gasteiger partial charge in [-0.15, -0.1) is 0 Å². The molecule has 7 nitrogen and oxygen atoms in total. The number of esters is 1. The van der Waals surface area contributed by atoms with E-state index in [1.165, 1.54) is 0 Å². The fourth-order valence-corrected chi connectivity index (χ4v) is 2.26. The van der Waals surface area contributed by atoms with Gasteiger partial charge in [-0.25, -0.2) is 9.59 Å². The second-order valence-electron chi connectivity index (χ2n) is 6.48. The molecule has 0 heterocycles. The molecule has 1 amide bonds. The van der Waals surface area contributed by atoms with Crippen LogP contribution in [0, 0.1) is 35.5 Å². The Kier molecular flexibility index (Phi) is 6.13. The fourth-order valence-electron chi connectivity index (χ4n) is 2.26. The number of ether oxygens (including phenoxy) is 2. The van der Waals surface area contributed by atoms with E-state index < -0.39 is 29.1 Å². The average Bonchev–Trinajstić information content (AvgIpc) is 2.53. The number of nitrogens with one attached hydrogen (secondary N) is 1. The van der Waals surface area contributed by atoms with Crippen molar-refractivity contribution in [2.24, 2.45) is 5.92 Å². The molecule has 1 N–H and O–H groups in total. The molecule has 0 bridgehead atoms. The number of aryl methyl sites for hydroxylation is 1. The number of hydrogen-bond donors (Lipinski definition) is 1. The van der Waals surface area contributed by atoms with Gasteiger partial charge in [0, 0.05) is 0 Å². The van der Waals surface area contributed by atoms with Gasteiger partial charge in [-0.2, -0.15) is 10.5 Å². The predicted molar refractivity (Wildman–Crippen MR) is 89.0 cm³/mol. The molecule has 0 aliphatic rings. The van der Waals surface area contributed by atoms with Gasteiger partial charge < -0.3 is 9.47 Å². The Morgan fingerprint density at radius 3 is 2.04 bits per heavy atom. The summed E-state index contributed by atoms with van der Waals surface area (Å²) in [6, 6.07) is 10.0. The van der Waals surface area contributed by atoms with Crippen molar-refractivity contribution < 1.29 is 19.1 Å². The molecular weight excluding hydrogens is 322 g/mol. The van der Waals surface area contributed by atoms with Crippen molar-refractivity contribution in [1.82, 2.24) is 5.32 Å². The molecule has 0 aromatic heterocycles. The van der Waals surface area contributed by atoms with Crippen molar-refractivity contribution in [3.63, 3.8) is 0 Å². The number of carbonyl (C=O) groups excluding carboxylic acids is 2. The molecular formula is C18H21N3O4. The lowest BCUT2D eigenvalue weighted by atomic mass is 9.79. The van der Waals surface area contributed by atoms with Gasteiger partial charge >= 0.3 is 12.1 Å². The zero-order valence-electron chi connectivity index (χ0n) is 14.9. The molecule has 0 saturated carbocycles. The summed E-state index contributed by atoms with van der Waals surface area (Å²) < 4.78 is 10.0. The van der Waals surface area contributed by atoms with E-state index in [1.807, 2.05) is 6.92 Å². The summed E-state index contributed by atoms with van der Waals surface area (Å²) in [6.07, 6.45) is -0.936. The van der Waals surface area contributed by atoms with E-state index in [2.05, 4.69) is 5.32 Å². The van der Waals surface area contributed by atoms with Crippen molar-refractivity contribution in [1.29, 1.82) is 10.5 Å². The van der Waals surface area contributed by atoms with Crippen LogP contribution < -0.4 is 5.32 Å². The molecule has 0 aliphatic carbocycles. The first-order valence-electron chi connectivity index (χ1n) is 7.56. The van der Waals surface area contributed by atoms with Crippen LogP contribution in [0.1, 0.15) is 31.9 Å². The highest BCUT2D eigenvalue weighted by Gasteiger charge is 2.51. The molecule has 0 saturated heterocycles. The van der Waals surface area contributed by atoms with Crippen LogP contribution in [0.15, 0.2) is 24.3 Å². The number of nitrogens with zero attached hydrogens (tertiary/aromatic N) is 2. The van der Waals surface area contributed by atoms with Crippen LogP contribution >= 0.6 is 0 Å². The molecule has 7 heteroatoms. The third-order valence-electron chi connectivity index (χ3n) is 3.40. The van der Waals surface area contributed by atoms with Crippen molar-refractivity contribution in [2.75, 3.05) is 7.11 Å². The number of hydrogen-bond acceptors (Lipinski definition) is 6. The summed E-state index contributed by atoms with van der Waals surface area (Å²) in [7, 11) is 1.12. The van der Waals surface area contributed by atoms with Gasteiger partial charge in [-0.05, 0) is 33.3 Å². The Bertz CT molecular complexity index is 709. The SMILES string of the molecule is COC(=O)[C@@](NC(=O)OC(C)(C)C)(c1ccc(C)cc1)C(C#N)C#N. The van der Waals surface area contributed by atoms with Crippen LogP contribution in [0.4, 0.5) is 4.79 Å². The normalized spacial score (nSPS) is 13.1. The molecule has 132 valence electrons.